The molecule has 4 nitrogen and oxygen atoms in total. The SMILES string of the molecule is CC(C)N(C)CCNc1cc(C#N)cc(Cl)n1. The number of halogens is 1. The van der Waals surface area contributed by atoms with E-state index in [1.807, 2.05) is 0 Å². The summed E-state index contributed by atoms with van der Waals surface area (Å²) in [6.45, 7) is 5.97. The van der Waals surface area contributed by atoms with Crippen molar-refractivity contribution in [3.63, 3.8) is 0 Å². The number of aromatic nitrogens is 1. The zero-order valence-corrected chi connectivity index (χ0v) is 11.1. The molecule has 0 spiro atoms. The van der Waals surface area contributed by atoms with E-state index in [1.165, 1.54) is 0 Å². The highest BCUT2D eigenvalue weighted by molar-refractivity contribution is 6.29. The maximum absolute atomic E-state index is 8.80. The first-order chi connectivity index (χ1) is 8.02. The Morgan fingerprint density at radius 2 is 2.24 bits per heavy atom. The Morgan fingerprint density at radius 3 is 2.82 bits per heavy atom. The summed E-state index contributed by atoms with van der Waals surface area (Å²) in [7, 11) is 2.07. The first-order valence-corrected chi connectivity index (χ1v) is 5.92. The first kappa shape index (κ1) is 13.8. The minimum absolute atomic E-state index is 0.337. The van der Waals surface area contributed by atoms with Crippen molar-refractivity contribution in [1.29, 1.82) is 5.26 Å². The van der Waals surface area contributed by atoms with Gasteiger partial charge in [-0.15, -0.1) is 0 Å². The predicted molar refractivity (Wildman–Crippen MR) is 70.2 cm³/mol. The molecule has 0 aromatic carbocycles. The van der Waals surface area contributed by atoms with E-state index in [-0.39, 0.29) is 0 Å². The molecule has 0 saturated heterocycles. The van der Waals surface area contributed by atoms with Crippen molar-refractivity contribution in [2.45, 2.75) is 19.9 Å². The molecule has 0 bridgehead atoms. The minimum Gasteiger partial charge on any atom is -0.369 e. The number of anilines is 1. The Kier molecular flexibility index (Phi) is 5.20. The summed E-state index contributed by atoms with van der Waals surface area (Å²) in [6, 6.07) is 5.81. The maximum Gasteiger partial charge on any atom is 0.132 e. The summed E-state index contributed by atoms with van der Waals surface area (Å²) in [5, 5.41) is 12.3. The monoisotopic (exact) mass is 252 g/mol. The lowest BCUT2D eigenvalue weighted by Crippen LogP contribution is -2.31. The summed E-state index contributed by atoms with van der Waals surface area (Å²) < 4.78 is 0. The van der Waals surface area contributed by atoms with E-state index in [2.05, 4.69) is 42.2 Å². The third-order valence-corrected chi connectivity index (χ3v) is 2.77. The van der Waals surface area contributed by atoms with Gasteiger partial charge in [0.1, 0.15) is 11.0 Å². The molecule has 5 heteroatoms. The van der Waals surface area contributed by atoms with Crippen molar-refractivity contribution in [2.75, 3.05) is 25.5 Å². The van der Waals surface area contributed by atoms with Crippen LogP contribution in [0.15, 0.2) is 12.1 Å². The first-order valence-electron chi connectivity index (χ1n) is 5.54. The van der Waals surface area contributed by atoms with Crippen LogP contribution in [0, 0.1) is 11.3 Å². The van der Waals surface area contributed by atoms with E-state index in [0.29, 0.717) is 22.6 Å². The topological polar surface area (TPSA) is 52.0 Å². The predicted octanol–water partition coefficient (Wildman–Crippen LogP) is 2.36. The fraction of sp³-hybridized carbons (Fsp3) is 0.500. The van der Waals surface area contributed by atoms with Gasteiger partial charge in [0, 0.05) is 19.1 Å². The van der Waals surface area contributed by atoms with Gasteiger partial charge in [0.15, 0.2) is 0 Å². The second-order valence-electron chi connectivity index (χ2n) is 4.18. The highest BCUT2D eigenvalue weighted by atomic mass is 35.5. The Labute approximate surface area is 107 Å². The van der Waals surface area contributed by atoms with Crippen molar-refractivity contribution < 1.29 is 0 Å². The summed E-state index contributed by atoms with van der Waals surface area (Å²) >= 11 is 5.81. The Balaban J connectivity index is 2.52. The van der Waals surface area contributed by atoms with Crippen molar-refractivity contribution >= 4 is 17.4 Å². The Morgan fingerprint density at radius 1 is 1.53 bits per heavy atom. The van der Waals surface area contributed by atoms with Gasteiger partial charge in [0.2, 0.25) is 0 Å². The second kappa shape index (κ2) is 6.43. The average Bonchev–Trinajstić information content (AvgIpc) is 2.27. The lowest BCUT2D eigenvalue weighted by Gasteiger charge is -2.21. The van der Waals surface area contributed by atoms with E-state index in [1.54, 1.807) is 12.1 Å². The Hall–Kier alpha value is -1.31. The molecule has 0 fully saturated rings. The number of hydrogen-bond acceptors (Lipinski definition) is 4. The molecular weight excluding hydrogens is 236 g/mol. The van der Waals surface area contributed by atoms with Crippen LogP contribution in [0.25, 0.3) is 0 Å². The zero-order valence-electron chi connectivity index (χ0n) is 10.4. The number of rotatable bonds is 5. The molecule has 92 valence electrons. The van der Waals surface area contributed by atoms with Gasteiger partial charge in [-0.2, -0.15) is 5.26 Å². The fourth-order valence-corrected chi connectivity index (χ4v) is 1.48. The lowest BCUT2D eigenvalue weighted by atomic mass is 10.3. The molecule has 0 aliphatic rings. The summed E-state index contributed by atoms with van der Waals surface area (Å²) in [4.78, 5) is 6.33. The molecule has 1 aromatic heterocycles. The Bertz CT molecular complexity index is 411. The van der Waals surface area contributed by atoms with Gasteiger partial charge in [-0.3, -0.25) is 0 Å². The van der Waals surface area contributed by atoms with Crippen LogP contribution in [-0.4, -0.2) is 36.1 Å². The molecule has 0 aliphatic heterocycles. The average molecular weight is 253 g/mol. The molecule has 0 radical (unpaired) electrons. The number of pyridine rings is 1. The van der Waals surface area contributed by atoms with Crippen LogP contribution in [0.5, 0.6) is 0 Å². The highest BCUT2D eigenvalue weighted by Gasteiger charge is 2.03. The van der Waals surface area contributed by atoms with Gasteiger partial charge in [-0.1, -0.05) is 11.6 Å². The van der Waals surface area contributed by atoms with Crippen molar-refractivity contribution in [3.8, 4) is 6.07 Å². The second-order valence-corrected chi connectivity index (χ2v) is 4.56. The summed E-state index contributed by atoms with van der Waals surface area (Å²) in [5.41, 5.74) is 0.518. The van der Waals surface area contributed by atoms with Gasteiger partial charge in [-0.05, 0) is 33.0 Å². The molecule has 1 aromatic rings. The number of nitrogens with one attached hydrogen (secondary N) is 1. The van der Waals surface area contributed by atoms with Crippen LogP contribution in [0.1, 0.15) is 19.4 Å². The van der Waals surface area contributed by atoms with E-state index < -0.39 is 0 Å². The van der Waals surface area contributed by atoms with Crippen LogP contribution in [0.3, 0.4) is 0 Å². The molecule has 0 unspecified atom stereocenters. The van der Waals surface area contributed by atoms with E-state index in [4.69, 9.17) is 16.9 Å². The molecule has 0 atom stereocenters. The molecule has 17 heavy (non-hydrogen) atoms. The standard InChI is InChI=1S/C12H17ClN4/c1-9(2)17(3)5-4-15-12-7-10(8-14)6-11(13)16-12/h6-7,9H,4-5H2,1-3H3,(H,15,16). The molecular formula is C12H17ClN4. The quantitative estimate of drug-likeness (QED) is 0.818. The van der Waals surface area contributed by atoms with Gasteiger partial charge in [0.25, 0.3) is 0 Å². The molecule has 1 N–H and O–H groups in total. The third kappa shape index (κ3) is 4.59. The normalized spacial score (nSPS) is 10.6. The number of likely N-dealkylation sites (N-methyl/N-ethyl adjacent to an activating group) is 1. The number of hydrogen-bond donors (Lipinski definition) is 1. The summed E-state index contributed by atoms with van der Waals surface area (Å²) in [6.07, 6.45) is 0. The fourth-order valence-electron chi connectivity index (χ4n) is 1.27. The zero-order chi connectivity index (χ0) is 12.8. The van der Waals surface area contributed by atoms with Crippen LogP contribution < -0.4 is 5.32 Å². The van der Waals surface area contributed by atoms with Gasteiger partial charge >= 0.3 is 0 Å². The largest absolute Gasteiger partial charge is 0.369 e. The molecule has 0 saturated carbocycles. The van der Waals surface area contributed by atoms with Gasteiger partial charge in [-0.25, -0.2) is 4.98 Å². The van der Waals surface area contributed by atoms with Gasteiger partial charge in [0.05, 0.1) is 11.6 Å². The van der Waals surface area contributed by atoms with Crippen molar-refractivity contribution in [2.24, 2.45) is 0 Å². The third-order valence-electron chi connectivity index (χ3n) is 2.58. The highest BCUT2D eigenvalue weighted by Crippen LogP contribution is 2.13. The summed E-state index contributed by atoms with van der Waals surface area (Å²) in [5.74, 6) is 0.645. The van der Waals surface area contributed by atoms with Gasteiger partial charge < -0.3 is 10.2 Å². The number of nitriles is 1. The van der Waals surface area contributed by atoms with Crippen molar-refractivity contribution in [3.05, 3.63) is 22.8 Å². The van der Waals surface area contributed by atoms with Crippen LogP contribution >= 0.6 is 11.6 Å². The maximum atomic E-state index is 8.80. The van der Waals surface area contributed by atoms with Crippen LogP contribution in [0.2, 0.25) is 5.15 Å². The van der Waals surface area contributed by atoms with E-state index in [0.717, 1.165) is 13.1 Å². The molecule has 0 aliphatic carbocycles. The molecule has 1 rings (SSSR count). The van der Waals surface area contributed by atoms with Crippen molar-refractivity contribution in [1.82, 2.24) is 9.88 Å². The van der Waals surface area contributed by atoms with E-state index >= 15 is 0 Å². The van der Waals surface area contributed by atoms with Crippen LogP contribution in [-0.2, 0) is 0 Å². The smallest absolute Gasteiger partial charge is 0.132 e. The van der Waals surface area contributed by atoms with E-state index in [9.17, 15) is 0 Å². The molecule has 1 heterocycles. The number of nitrogens with zero attached hydrogens (tertiary/aromatic N) is 3. The van der Waals surface area contributed by atoms with Crippen LogP contribution in [0.4, 0.5) is 5.82 Å². The minimum atomic E-state index is 0.337. The lowest BCUT2D eigenvalue weighted by molar-refractivity contribution is 0.284. The molecule has 0 amide bonds.